The average molecular weight is 442 g/mol. The number of nitrogens with one attached hydrogen (secondary N) is 1. The lowest BCUT2D eigenvalue weighted by Crippen LogP contribution is -1.89. The second kappa shape index (κ2) is 7.22. The smallest absolute Gasteiger partial charge is 0.143 e. The van der Waals surface area contributed by atoms with E-state index in [4.69, 9.17) is 4.42 Å². The predicted octanol–water partition coefficient (Wildman–Crippen LogP) is 9.36. The summed E-state index contributed by atoms with van der Waals surface area (Å²) in [5, 5.41) is 8.51. The molecule has 7 rings (SSSR count). The average Bonchev–Trinajstić information content (AvgIpc) is 3.42. The molecule has 0 unspecified atom stereocenters. The molecular weight excluding hydrogens is 422 g/mol. The summed E-state index contributed by atoms with van der Waals surface area (Å²) in [4.78, 5) is 0. The fourth-order valence-electron chi connectivity index (χ4n) is 4.68. The van der Waals surface area contributed by atoms with E-state index in [1.165, 1.54) is 20.2 Å². The van der Waals surface area contributed by atoms with Crippen LogP contribution in [0.25, 0.3) is 53.2 Å². The van der Waals surface area contributed by atoms with E-state index < -0.39 is 0 Å². The third-order valence-corrected chi connectivity index (χ3v) is 7.40. The Morgan fingerprint density at radius 1 is 0.545 bits per heavy atom. The summed E-state index contributed by atoms with van der Waals surface area (Å²) in [5.74, 6) is 0. The second-order valence-corrected chi connectivity index (χ2v) is 9.38. The van der Waals surface area contributed by atoms with Crippen molar-refractivity contribution in [2.24, 2.45) is 0 Å². The van der Waals surface area contributed by atoms with E-state index in [2.05, 4.69) is 102 Å². The summed E-state index contributed by atoms with van der Waals surface area (Å²) in [6.45, 7) is 0. The third-order valence-electron chi connectivity index (χ3n) is 6.27. The van der Waals surface area contributed by atoms with E-state index in [-0.39, 0.29) is 0 Å². The van der Waals surface area contributed by atoms with Crippen molar-refractivity contribution in [2.45, 2.75) is 0 Å². The first-order valence-electron chi connectivity index (χ1n) is 11.0. The van der Waals surface area contributed by atoms with Crippen LogP contribution in [0.5, 0.6) is 0 Å². The predicted molar refractivity (Wildman–Crippen MR) is 142 cm³/mol. The zero-order valence-corrected chi connectivity index (χ0v) is 18.5. The Morgan fingerprint density at radius 2 is 1.27 bits per heavy atom. The lowest BCUT2D eigenvalue weighted by atomic mass is 10.0. The summed E-state index contributed by atoms with van der Waals surface area (Å²) >= 11 is 1.84. The minimum atomic E-state index is 0.926. The summed E-state index contributed by atoms with van der Waals surface area (Å²) in [7, 11) is 0. The molecule has 5 aromatic carbocycles. The molecule has 0 fully saturated rings. The van der Waals surface area contributed by atoms with Crippen molar-refractivity contribution in [1.82, 2.24) is 0 Å². The van der Waals surface area contributed by atoms with Gasteiger partial charge in [0.15, 0.2) is 0 Å². The van der Waals surface area contributed by atoms with E-state index in [1.54, 1.807) is 0 Å². The van der Waals surface area contributed by atoms with Gasteiger partial charge in [-0.15, -0.1) is 11.3 Å². The van der Waals surface area contributed by atoms with Gasteiger partial charge in [-0.3, -0.25) is 0 Å². The minimum absolute atomic E-state index is 0.926. The monoisotopic (exact) mass is 441 g/mol. The van der Waals surface area contributed by atoms with Gasteiger partial charge in [-0.2, -0.15) is 0 Å². The van der Waals surface area contributed by atoms with Crippen LogP contribution in [0.3, 0.4) is 0 Å². The normalized spacial score (nSPS) is 11.6. The minimum Gasteiger partial charge on any atom is -0.455 e. The van der Waals surface area contributed by atoms with Gasteiger partial charge in [0.1, 0.15) is 11.2 Å². The maximum atomic E-state index is 6.22. The van der Waals surface area contributed by atoms with E-state index in [0.29, 0.717) is 0 Å². The molecule has 0 aliphatic rings. The number of benzene rings is 5. The van der Waals surface area contributed by atoms with Crippen molar-refractivity contribution >= 4 is 64.8 Å². The fourth-order valence-corrected chi connectivity index (χ4v) is 5.82. The third kappa shape index (κ3) is 3.01. The maximum Gasteiger partial charge on any atom is 0.143 e. The van der Waals surface area contributed by atoms with Gasteiger partial charge in [-0.25, -0.2) is 0 Å². The topological polar surface area (TPSA) is 25.2 Å². The molecule has 0 aliphatic carbocycles. The zero-order valence-electron chi connectivity index (χ0n) is 17.7. The SMILES string of the molecule is c1ccc2c(c1)oc1c(-c3ccc(Nc4ccc5c(c4)sc4ccccc45)cc3)cccc12. The second-order valence-electron chi connectivity index (χ2n) is 8.29. The number of fused-ring (bicyclic) bond motifs is 6. The molecule has 0 radical (unpaired) electrons. The lowest BCUT2D eigenvalue weighted by molar-refractivity contribution is 0.670. The van der Waals surface area contributed by atoms with Crippen LogP contribution in [0.1, 0.15) is 0 Å². The zero-order chi connectivity index (χ0) is 21.8. The van der Waals surface area contributed by atoms with Crippen LogP contribution in [0.15, 0.2) is 114 Å². The molecule has 33 heavy (non-hydrogen) atoms. The molecule has 2 aromatic heterocycles. The molecule has 0 saturated heterocycles. The molecule has 0 bridgehead atoms. The number of thiophene rings is 1. The fraction of sp³-hybridized carbons (Fsp3) is 0. The number of para-hydroxylation sites is 2. The Bertz CT molecular complexity index is 1790. The summed E-state index contributed by atoms with van der Waals surface area (Å²) in [6, 6.07) is 38.4. The van der Waals surface area contributed by atoms with Gasteiger partial charge in [0.2, 0.25) is 0 Å². The van der Waals surface area contributed by atoms with Crippen LogP contribution >= 0.6 is 11.3 Å². The Morgan fingerprint density at radius 3 is 2.18 bits per heavy atom. The molecule has 3 heteroatoms. The largest absolute Gasteiger partial charge is 0.455 e. The molecule has 0 amide bonds. The van der Waals surface area contributed by atoms with Crippen LogP contribution < -0.4 is 5.32 Å². The number of hydrogen-bond acceptors (Lipinski definition) is 3. The highest BCUT2D eigenvalue weighted by Crippen LogP contribution is 2.37. The molecule has 0 saturated carbocycles. The van der Waals surface area contributed by atoms with Gasteiger partial charge in [0.05, 0.1) is 0 Å². The number of rotatable bonds is 3. The molecule has 1 N–H and O–H groups in total. The molecule has 2 heterocycles. The van der Waals surface area contributed by atoms with Crippen LogP contribution in [0.2, 0.25) is 0 Å². The lowest BCUT2D eigenvalue weighted by Gasteiger charge is -2.08. The Kier molecular flexibility index (Phi) is 4.05. The molecule has 2 nitrogen and oxygen atoms in total. The van der Waals surface area contributed by atoms with Crippen LogP contribution in [-0.4, -0.2) is 0 Å². The number of furan rings is 1. The maximum absolute atomic E-state index is 6.22. The van der Waals surface area contributed by atoms with E-state index >= 15 is 0 Å². The van der Waals surface area contributed by atoms with E-state index in [1.807, 2.05) is 23.5 Å². The Hall–Kier alpha value is -4.08. The molecule has 0 aliphatic heterocycles. The number of anilines is 2. The van der Waals surface area contributed by atoms with Crippen LogP contribution in [-0.2, 0) is 0 Å². The Balaban J connectivity index is 1.23. The molecular formula is C30H19NOS. The van der Waals surface area contributed by atoms with Gasteiger partial charge in [0, 0.05) is 47.9 Å². The molecule has 0 atom stereocenters. The highest BCUT2D eigenvalue weighted by Gasteiger charge is 2.12. The first-order chi connectivity index (χ1) is 16.3. The molecule has 7 aromatic rings. The molecule has 0 spiro atoms. The Labute approximate surface area is 194 Å². The standard InChI is InChI=1S/C30H19NOS/c1-3-10-27-23(6-1)26-9-5-8-22(30(26)32-27)19-12-14-20(15-13-19)31-21-16-17-25-24-7-2-4-11-28(24)33-29(25)18-21/h1-18,31H. The van der Waals surface area contributed by atoms with Crippen molar-refractivity contribution in [1.29, 1.82) is 0 Å². The quantitative estimate of drug-likeness (QED) is 0.295. The van der Waals surface area contributed by atoms with Gasteiger partial charge in [-0.05, 0) is 42.0 Å². The van der Waals surface area contributed by atoms with E-state index in [0.717, 1.165) is 44.4 Å². The van der Waals surface area contributed by atoms with Gasteiger partial charge >= 0.3 is 0 Å². The highest BCUT2D eigenvalue weighted by atomic mass is 32.1. The first-order valence-corrected chi connectivity index (χ1v) is 11.8. The van der Waals surface area contributed by atoms with Crippen molar-refractivity contribution in [3.05, 3.63) is 109 Å². The van der Waals surface area contributed by atoms with Gasteiger partial charge in [-0.1, -0.05) is 72.8 Å². The highest BCUT2D eigenvalue weighted by molar-refractivity contribution is 7.25. The van der Waals surface area contributed by atoms with Gasteiger partial charge in [0.25, 0.3) is 0 Å². The van der Waals surface area contributed by atoms with Crippen molar-refractivity contribution in [3.63, 3.8) is 0 Å². The number of hydrogen-bond donors (Lipinski definition) is 1. The first kappa shape index (κ1) is 18.5. The van der Waals surface area contributed by atoms with Crippen LogP contribution in [0, 0.1) is 0 Å². The summed E-state index contributed by atoms with van der Waals surface area (Å²) < 4.78 is 8.84. The summed E-state index contributed by atoms with van der Waals surface area (Å²) in [5.41, 5.74) is 6.29. The van der Waals surface area contributed by atoms with Crippen molar-refractivity contribution in [3.8, 4) is 11.1 Å². The van der Waals surface area contributed by atoms with Crippen molar-refractivity contribution < 1.29 is 4.42 Å². The van der Waals surface area contributed by atoms with Crippen LogP contribution in [0.4, 0.5) is 11.4 Å². The van der Waals surface area contributed by atoms with Crippen molar-refractivity contribution in [2.75, 3.05) is 5.32 Å². The van der Waals surface area contributed by atoms with E-state index in [9.17, 15) is 0 Å². The molecule has 156 valence electrons. The summed E-state index contributed by atoms with van der Waals surface area (Å²) in [6.07, 6.45) is 0. The van der Waals surface area contributed by atoms with Gasteiger partial charge < -0.3 is 9.73 Å².